The summed E-state index contributed by atoms with van der Waals surface area (Å²) in [5, 5.41) is 40.9. The van der Waals surface area contributed by atoms with Crippen LogP contribution in [-0.2, 0) is 25.6 Å². The zero-order valence-corrected chi connectivity index (χ0v) is 79.9. The first-order valence-corrected chi connectivity index (χ1v) is 45.4. The van der Waals surface area contributed by atoms with Crippen LogP contribution in [0.5, 0.6) is 0 Å². The number of carbonyl (C=O) groups is 8. The molecule has 20 rings (SSSR count). The average molecular weight is 1910 g/mol. The van der Waals surface area contributed by atoms with Crippen LogP contribution in [0.25, 0.3) is 179 Å². The van der Waals surface area contributed by atoms with Crippen molar-refractivity contribution in [3.05, 3.63) is 200 Å². The fourth-order valence-corrected chi connectivity index (χ4v) is 15.4. The van der Waals surface area contributed by atoms with Gasteiger partial charge in [0.1, 0.15) is 50.6 Å². The summed E-state index contributed by atoms with van der Waals surface area (Å²) in [5.41, 5.74) is 20.2. The van der Waals surface area contributed by atoms with E-state index in [0.29, 0.717) is 184 Å². The number of H-pyrrole nitrogens is 8. The molecule has 142 heavy (non-hydrogen) atoms. The van der Waals surface area contributed by atoms with Crippen LogP contribution in [-0.4, -0.2) is 263 Å². The standard InChI is InChI=1S/C26H27N9O2.C25H25N9O2.C24H23N9O2.C24H22N8O2/c1-5-35(6-2)26(37)19-12-28-13-20-21(19)32-24(31-20)22-18-8-16(10-29-23(18)34-33-22)15-7-17(11-27-9-15)30-25(36)14(3)4;1-13(2)5-20(35)29-16-6-14(8-26-10-16)15-7-17-22(32-33-23(17)28-9-15)24-30-19-12-27-11-18(21(19)31-24)25(36)34(3)4;1-12(2)23(34)28-15-5-13(7-25-9-15)14-6-16-20(31-32-21(16)27-8-14)22-29-18-11-26-10-17(19(18)30-22)24(35)33(3)4;1-4-16(33)8-15-6-5-13(9-26-15)14-7-17-21(30-31-22(17)27-10-14)23-28-19-12-25-11-18(20(19)29-23)24(34)32(2)3/h7-14H,5-6H2,1-4H3,(H,30,36)(H,31,32)(H,29,33,34);6-13H,5H2,1-4H3,(H,29,35)(H,30,31)(H,28,32,33);5-12H,1-4H3,(H,28,34)(H,29,30)(H,27,31,32);5-7,9-12H,4,8H2,1-3H3,(H,28,29)(H,27,30,31). The van der Waals surface area contributed by atoms with Crippen molar-refractivity contribution in [3.63, 3.8) is 0 Å². The van der Waals surface area contributed by atoms with Crippen molar-refractivity contribution in [1.29, 1.82) is 0 Å². The molecule has 20 heterocycles. The van der Waals surface area contributed by atoms with Gasteiger partial charge in [0.05, 0.1) is 126 Å². The first-order valence-electron chi connectivity index (χ1n) is 45.4. The van der Waals surface area contributed by atoms with E-state index in [1.165, 1.54) is 33.3 Å². The van der Waals surface area contributed by atoms with Crippen molar-refractivity contribution in [1.82, 2.24) is 160 Å². The maximum atomic E-state index is 13.0. The Kier molecular flexibility index (Phi) is 27.4. The summed E-state index contributed by atoms with van der Waals surface area (Å²) in [5.74, 6) is 1.34. The zero-order chi connectivity index (χ0) is 100. The van der Waals surface area contributed by atoms with Crippen molar-refractivity contribution in [2.45, 2.75) is 81.6 Å². The van der Waals surface area contributed by atoms with Crippen LogP contribution in [0.15, 0.2) is 172 Å². The largest absolute Gasteiger partial charge is 0.345 e. The third-order valence-corrected chi connectivity index (χ3v) is 23.0. The second-order valence-electron chi connectivity index (χ2n) is 35.0. The molecule has 11 N–H and O–H groups in total. The van der Waals surface area contributed by atoms with Gasteiger partial charge >= 0.3 is 0 Å². The number of carbonyl (C=O) groups excluding carboxylic acids is 8. The molecule has 0 aliphatic heterocycles. The van der Waals surface area contributed by atoms with E-state index in [2.05, 4.69) is 151 Å². The fourth-order valence-electron chi connectivity index (χ4n) is 15.4. The highest BCUT2D eigenvalue weighted by Gasteiger charge is 2.28. The maximum absolute atomic E-state index is 13.0. The number of imidazole rings is 4. The molecule has 0 saturated heterocycles. The molecule has 0 spiro atoms. The van der Waals surface area contributed by atoms with Crippen LogP contribution in [0, 0.1) is 17.8 Å². The summed E-state index contributed by atoms with van der Waals surface area (Å²) in [6, 6.07) is 17.1. The lowest BCUT2D eigenvalue weighted by Crippen LogP contribution is -2.30. The van der Waals surface area contributed by atoms with E-state index >= 15 is 0 Å². The van der Waals surface area contributed by atoms with Gasteiger partial charge in [-0.3, -0.25) is 98.6 Å². The van der Waals surface area contributed by atoms with E-state index in [1.54, 1.807) is 146 Å². The molecule has 43 nitrogen and oxygen atoms in total. The number of pyridine rings is 12. The smallest absolute Gasteiger partial charge is 0.257 e. The SMILES string of the molecule is CC(C)C(=O)Nc1cncc(-c2cnc3n[nH]c(-c4nc5c(C(=O)N(C)C)cncc5[nH]4)c3c2)c1.CC(C)CC(=O)Nc1cncc(-c2cnc3n[nH]c(-c4nc5c(C(=O)N(C)C)cncc5[nH]4)c3c2)c1.CCC(=O)Cc1ccc(-c2cnc3n[nH]c(-c4nc5c(C(=O)N(C)C)cncc5[nH]4)c3c2)cn1.CCN(CC)C(=O)c1cncc2[nH]c(-c3[nH]nc4ncc(-c5cncc(NC(=O)C(C)C)c5)cc34)nc12. The summed E-state index contributed by atoms with van der Waals surface area (Å²) < 4.78 is 0. The summed E-state index contributed by atoms with van der Waals surface area (Å²) in [7, 11) is 10.1. The van der Waals surface area contributed by atoms with Gasteiger partial charge in [0.15, 0.2) is 45.9 Å². The molecule has 43 heteroatoms. The van der Waals surface area contributed by atoms with E-state index in [1.807, 2.05) is 117 Å². The van der Waals surface area contributed by atoms with E-state index in [-0.39, 0.29) is 64.9 Å². The average Bonchev–Trinajstić information content (AvgIpc) is 1.62. The molecule has 20 aromatic heterocycles. The van der Waals surface area contributed by atoms with Gasteiger partial charge in [-0.25, -0.2) is 39.9 Å². The quantitative estimate of drug-likeness (QED) is 0.0268. The third kappa shape index (κ3) is 20.2. The minimum atomic E-state index is -0.184. The van der Waals surface area contributed by atoms with E-state index in [4.69, 9.17) is 4.98 Å². The van der Waals surface area contributed by atoms with Crippen LogP contribution >= 0.6 is 0 Å². The van der Waals surface area contributed by atoms with E-state index < -0.39 is 0 Å². The molecule has 7 amide bonds. The number of aromatic nitrogens is 28. The highest BCUT2D eigenvalue weighted by atomic mass is 16.2. The predicted octanol–water partition coefficient (Wildman–Crippen LogP) is 14.1. The molecule has 0 saturated carbocycles. The molecule has 0 bridgehead atoms. The van der Waals surface area contributed by atoms with Crippen molar-refractivity contribution in [3.8, 4) is 90.6 Å². The Morgan fingerprint density at radius 3 is 0.915 bits per heavy atom. The molecule has 0 fully saturated rings. The van der Waals surface area contributed by atoms with E-state index in [0.717, 1.165) is 71.7 Å². The number of hydrogen-bond donors (Lipinski definition) is 11. The lowest BCUT2D eigenvalue weighted by atomic mass is 10.1. The number of nitrogens with zero attached hydrogens (tertiary/aromatic N) is 24. The number of aromatic amines is 8. The third-order valence-electron chi connectivity index (χ3n) is 23.0. The van der Waals surface area contributed by atoms with Gasteiger partial charge in [-0.05, 0) is 68.3 Å². The Balaban J connectivity index is 0.000000130. The fraction of sp³-hybridized carbons (Fsp3) is 0.232. The number of amides is 7. The first-order chi connectivity index (χ1) is 68.4. The van der Waals surface area contributed by atoms with Crippen LogP contribution in [0.3, 0.4) is 0 Å². The highest BCUT2D eigenvalue weighted by Crippen LogP contribution is 2.37. The van der Waals surface area contributed by atoms with Gasteiger partial charge in [0, 0.05) is 211 Å². The molecule has 716 valence electrons. The molecule has 0 aliphatic rings. The second-order valence-corrected chi connectivity index (χ2v) is 35.0. The number of hydrogen-bond acceptors (Lipinski definition) is 28. The molecule has 0 radical (unpaired) electrons. The van der Waals surface area contributed by atoms with Crippen LogP contribution in [0.2, 0.25) is 0 Å². The van der Waals surface area contributed by atoms with Crippen LogP contribution in [0.4, 0.5) is 17.1 Å². The number of anilines is 3. The van der Waals surface area contributed by atoms with Crippen molar-refractivity contribution in [2.75, 3.05) is 71.3 Å². The minimum Gasteiger partial charge on any atom is -0.345 e. The van der Waals surface area contributed by atoms with Gasteiger partial charge in [-0.1, -0.05) is 54.5 Å². The van der Waals surface area contributed by atoms with Gasteiger partial charge in [0.25, 0.3) is 23.6 Å². The summed E-state index contributed by atoms with van der Waals surface area (Å²) in [6.07, 6.45) is 32.5. The highest BCUT2D eigenvalue weighted by molar-refractivity contribution is 6.10. The summed E-state index contributed by atoms with van der Waals surface area (Å²) >= 11 is 0. The number of nitrogens with one attached hydrogen (secondary N) is 11. The first kappa shape index (κ1) is 95.3. The lowest BCUT2D eigenvalue weighted by molar-refractivity contribution is -0.119. The normalized spacial score (nSPS) is 11.3. The Labute approximate surface area is 808 Å². The van der Waals surface area contributed by atoms with Crippen molar-refractivity contribution >= 4 is 152 Å². The Hall–Kier alpha value is -18.5. The van der Waals surface area contributed by atoms with Gasteiger partial charge in [0.2, 0.25) is 17.7 Å². The maximum Gasteiger partial charge on any atom is 0.257 e. The molecular weight excluding hydrogens is 1810 g/mol. The number of Topliss-reactive ketones (excluding diaryl/α,β-unsaturated/α-hetero) is 1. The molecular formula is C99H97N35O8. The number of fused-ring (bicyclic) bond motifs is 8. The Morgan fingerprint density at radius 1 is 0.331 bits per heavy atom. The van der Waals surface area contributed by atoms with E-state index in [9.17, 15) is 38.4 Å². The van der Waals surface area contributed by atoms with Crippen LogP contribution in [0.1, 0.15) is 122 Å². The van der Waals surface area contributed by atoms with Crippen LogP contribution < -0.4 is 16.0 Å². The van der Waals surface area contributed by atoms with Crippen molar-refractivity contribution < 1.29 is 38.4 Å². The zero-order valence-electron chi connectivity index (χ0n) is 79.9. The second kappa shape index (κ2) is 40.8. The topological polar surface area (TPSA) is 570 Å². The predicted molar refractivity (Wildman–Crippen MR) is 535 cm³/mol. The minimum absolute atomic E-state index is 0.0545. The Bertz CT molecular complexity index is 8230. The monoisotopic (exact) mass is 1900 g/mol. The number of rotatable bonds is 24. The van der Waals surface area contributed by atoms with Crippen molar-refractivity contribution in [2.24, 2.45) is 17.8 Å². The Morgan fingerprint density at radius 2 is 0.627 bits per heavy atom. The molecule has 0 atom stereocenters. The van der Waals surface area contributed by atoms with Gasteiger partial charge in [-0.15, -0.1) is 0 Å². The molecule has 0 unspecified atom stereocenters. The summed E-state index contributed by atoms with van der Waals surface area (Å²) in [4.78, 5) is 189. The van der Waals surface area contributed by atoms with Gasteiger partial charge < -0.3 is 55.5 Å². The lowest BCUT2D eigenvalue weighted by Gasteiger charge is -2.18. The summed E-state index contributed by atoms with van der Waals surface area (Å²) in [6.45, 7) is 18.2. The van der Waals surface area contributed by atoms with Gasteiger partial charge in [-0.2, -0.15) is 20.4 Å². The molecule has 0 aromatic carbocycles. The number of ketones is 1. The molecule has 0 aliphatic carbocycles. The molecule has 20 aromatic rings.